The summed E-state index contributed by atoms with van der Waals surface area (Å²) in [4.78, 5) is 22.5. The zero-order valence-corrected chi connectivity index (χ0v) is 13.2. The van der Waals surface area contributed by atoms with Crippen molar-refractivity contribution in [2.75, 3.05) is 5.32 Å². The van der Waals surface area contributed by atoms with Gasteiger partial charge in [-0.3, -0.25) is 9.59 Å². The van der Waals surface area contributed by atoms with E-state index in [4.69, 9.17) is 9.47 Å². The predicted octanol–water partition coefficient (Wildman–Crippen LogP) is 4.14. The minimum atomic E-state index is -0.380. The van der Waals surface area contributed by atoms with Gasteiger partial charge < -0.3 is 14.8 Å². The van der Waals surface area contributed by atoms with Crippen molar-refractivity contribution in [2.45, 2.75) is 26.7 Å². The lowest BCUT2D eigenvalue weighted by Crippen LogP contribution is -2.10. The second kappa shape index (κ2) is 7.98. The number of hydrogen-bond acceptors (Lipinski definition) is 4. The van der Waals surface area contributed by atoms with E-state index in [2.05, 4.69) is 5.32 Å². The van der Waals surface area contributed by atoms with E-state index in [1.807, 2.05) is 6.92 Å². The highest BCUT2D eigenvalue weighted by Gasteiger charge is 2.04. The molecule has 0 heterocycles. The van der Waals surface area contributed by atoms with Gasteiger partial charge in [-0.15, -0.1) is 0 Å². The summed E-state index contributed by atoms with van der Waals surface area (Å²) in [6.07, 6.45) is 1.31. The van der Waals surface area contributed by atoms with Gasteiger partial charge >= 0.3 is 5.97 Å². The van der Waals surface area contributed by atoms with E-state index in [-0.39, 0.29) is 11.9 Å². The molecule has 0 bridgehead atoms. The molecule has 0 radical (unpaired) electrons. The molecular weight excluding hydrogens is 294 g/mol. The lowest BCUT2D eigenvalue weighted by molar-refractivity contribution is -0.131. The molecule has 2 aromatic rings. The van der Waals surface area contributed by atoms with Crippen molar-refractivity contribution < 1.29 is 19.1 Å². The number of benzene rings is 2. The lowest BCUT2D eigenvalue weighted by Gasteiger charge is -2.09. The van der Waals surface area contributed by atoms with Crippen LogP contribution in [-0.2, 0) is 9.59 Å². The van der Waals surface area contributed by atoms with Crippen molar-refractivity contribution in [1.82, 2.24) is 0 Å². The number of carbonyl (C=O) groups is 2. The highest BCUT2D eigenvalue weighted by atomic mass is 16.5. The Hall–Kier alpha value is -2.82. The van der Waals surface area contributed by atoms with Gasteiger partial charge in [-0.05, 0) is 42.8 Å². The van der Waals surface area contributed by atoms with Gasteiger partial charge in [0.25, 0.3) is 0 Å². The number of rotatable bonds is 6. The smallest absolute Gasteiger partial charge is 0.308 e. The van der Waals surface area contributed by atoms with E-state index in [0.717, 1.165) is 12.1 Å². The summed E-state index contributed by atoms with van der Waals surface area (Å²) in [5.41, 5.74) is 0.726. The normalized spacial score (nSPS) is 10.0. The molecule has 0 aliphatic rings. The summed E-state index contributed by atoms with van der Waals surface area (Å²) in [6, 6.07) is 13.9. The first-order valence-electron chi connectivity index (χ1n) is 7.43. The van der Waals surface area contributed by atoms with Crippen LogP contribution in [0.15, 0.2) is 48.5 Å². The van der Waals surface area contributed by atoms with Crippen LogP contribution in [0.1, 0.15) is 26.7 Å². The summed E-state index contributed by atoms with van der Waals surface area (Å²) in [5.74, 6) is 1.23. The van der Waals surface area contributed by atoms with E-state index in [0.29, 0.717) is 23.7 Å². The van der Waals surface area contributed by atoms with E-state index >= 15 is 0 Å². The minimum Gasteiger partial charge on any atom is -0.457 e. The van der Waals surface area contributed by atoms with Gasteiger partial charge in [-0.1, -0.05) is 13.0 Å². The quantitative estimate of drug-likeness (QED) is 0.643. The van der Waals surface area contributed by atoms with Gasteiger partial charge in [-0.2, -0.15) is 0 Å². The molecule has 23 heavy (non-hydrogen) atoms. The fraction of sp³-hybridized carbons (Fsp3) is 0.222. The third kappa shape index (κ3) is 5.47. The van der Waals surface area contributed by atoms with Gasteiger partial charge in [0.15, 0.2) is 0 Å². The number of esters is 1. The maximum Gasteiger partial charge on any atom is 0.308 e. The molecule has 0 aliphatic carbocycles. The molecule has 1 N–H and O–H groups in total. The number of amides is 1. The summed E-state index contributed by atoms with van der Waals surface area (Å²) < 4.78 is 10.7. The average Bonchev–Trinajstić information content (AvgIpc) is 2.49. The molecule has 120 valence electrons. The molecule has 0 saturated heterocycles. The first kappa shape index (κ1) is 16.5. The van der Waals surface area contributed by atoms with Crippen LogP contribution in [0.3, 0.4) is 0 Å². The largest absolute Gasteiger partial charge is 0.457 e. The molecule has 0 aromatic heterocycles. The fourth-order valence-corrected chi connectivity index (χ4v) is 1.96. The Morgan fingerprint density at radius 2 is 1.70 bits per heavy atom. The van der Waals surface area contributed by atoms with Crippen molar-refractivity contribution in [1.29, 1.82) is 0 Å². The molecule has 0 atom stereocenters. The third-order valence-electron chi connectivity index (χ3n) is 2.92. The summed E-state index contributed by atoms with van der Waals surface area (Å²) in [7, 11) is 0. The Kier molecular flexibility index (Phi) is 5.74. The van der Waals surface area contributed by atoms with Crippen LogP contribution in [0.2, 0.25) is 0 Å². The third-order valence-corrected chi connectivity index (χ3v) is 2.92. The Morgan fingerprint density at radius 3 is 2.35 bits per heavy atom. The molecule has 2 aromatic carbocycles. The fourth-order valence-electron chi connectivity index (χ4n) is 1.96. The first-order chi connectivity index (χ1) is 11.1. The summed E-state index contributed by atoms with van der Waals surface area (Å²) >= 11 is 0. The van der Waals surface area contributed by atoms with E-state index in [9.17, 15) is 9.59 Å². The zero-order chi connectivity index (χ0) is 16.7. The Bertz CT molecular complexity index is 680. The standard InChI is InChI=1S/C18H19NO4/c1-3-5-18(21)19-14-8-10-15(11-9-14)23-17-7-4-6-16(12-17)22-13(2)20/h4,6-12H,3,5H2,1-2H3,(H,19,21). The number of anilines is 1. The topological polar surface area (TPSA) is 64.6 Å². The monoisotopic (exact) mass is 313 g/mol. The van der Waals surface area contributed by atoms with Crippen molar-refractivity contribution in [2.24, 2.45) is 0 Å². The summed E-state index contributed by atoms with van der Waals surface area (Å²) in [6.45, 7) is 3.31. The maximum atomic E-state index is 11.5. The van der Waals surface area contributed by atoms with Crippen LogP contribution in [0.5, 0.6) is 17.2 Å². The predicted molar refractivity (Wildman–Crippen MR) is 87.8 cm³/mol. The molecule has 5 nitrogen and oxygen atoms in total. The summed E-state index contributed by atoms with van der Waals surface area (Å²) in [5, 5.41) is 2.81. The van der Waals surface area contributed by atoms with Crippen molar-refractivity contribution in [3.63, 3.8) is 0 Å². The molecule has 0 fully saturated rings. The maximum absolute atomic E-state index is 11.5. The van der Waals surface area contributed by atoms with Crippen LogP contribution >= 0.6 is 0 Å². The molecule has 5 heteroatoms. The van der Waals surface area contributed by atoms with Gasteiger partial charge in [-0.25, -0.2) is 0 Å². The van der Waals surface area contributed by atoms with E-state index in [1.54, 1.807) is 48.5 Å². The molecule has 1 amide bonds. The second-order valence-corrected chi connectivity index (χ2v) is 4.99. The highest BCUT2D eigenvalue weighted by molar-refractivity contribution is 5.90. The van der Waals surface area contributed by atoms with Crippen molar-refractivity contribution in [3.05, 3.63) is 48.5 Å². The molecule has 0 aliphatic heterocycles. The lowest BCUT2D eigenvalue weighted by atomic mass is 10.2. The number of carbonyl (C=O) groups excluding carboxylic acids is 2. The first-order valence-corrected chi connectivity index (χ1v) is 7.43. The van der Waals surface area contributed by atoms with Gasteiger partial charge in [0, 0.05) is 25.1 Å². The van der Waals surface area contributed by atoms with Crippen molar-refractivity contribution >= 4 is 17.6 Å². The Balaban J connectivity index is 2.00. The molecular formula is C18H19NO4. The second-order valence-electron chi connectivity index (χ2n) is 4.99. The molecule has 0 spiro atoms. The average molecular weight is 313 g/mol. The van der Waals surface area contributed by atoms with Gasteiger partial charge in [0.1, 0.15) is 17.2 Å². The zero-order valence-electron chi connectivity index (χ0n) is 13.2. The Morgan fingerprint density at radius 1 is 1.00 bits per heavy atom. The minimum absolute atomic E-state index is 0.00440. The van der Waals surface area contributed by atoms with Crippen LogP contribution < -0.4 is 14.8 Å². The van der Waals surface area contributed by atoms with Crippen LogP contribution in [0.4, 0.5) is 5.69 Å². The number of nitrogens with one attached hydrogen (secondary N) is 1. The SMILES string of the molecule is CCCC(=O)Nc1ccc(Oc2cccc(OC(C)=O)c2)cc1. The van der Waals surface area contributed by atoms with Gasteiger partial charge in [0.2, 0.25) is 5.91 Å². The molecule has 0 unspecified atom stereocenters. The van der Waals surface area contributed by atoms with Crippen LogP contribution in [0, 0.1) is 0 Å². The van der Waals surface area contributed by atoms with Crippen LogP contribution in [-0.4, -0.2) is 11.9 Å². The number of hydrogen-bond donors (Lipinski definition) is 1. The highest BCUT2D eigenvalue weighted by Crippen LogP contribution is 2.26. The van der Waals surface area contributed by atoms with E-state index < -0.39 is 0 Å². The Labute approximate surface area is 135 Å². The molecule has 2 rings (SSSR count). The van der Waals surface area contributed by atoms with Gasteiger partial charge in [0.05, 0.1) is 0 Å². The number of ether oxygens (including phenoxy) is 2. The van der Waals surface area contributed by atoms with Crippen LogP contribution in [0.25, 0.3) is 0 Å². The van der Waals surface area contributed by atoms with E-state index in [1.165, 1.54) is 6.92 Å². The molecule has 0 saturated carbocycles. The van der Waals surface area contributed by atoms with Crippen molar-refractivity contribution in [3.8, 4) is 17.2 Å².